The highest BCUT2D eigenvalue weighted by molar-refractivity contribution is 4.80. The van der Waals surface area contributed by atoms with E-state index in [0.29, 0.717) is 12.1 Å². The van der Waals surface area contributed by atoms with Crippen LogP contribution in [0.4, 0.5) is 0 Å². The van der Waals surface area contributed by atoms with Crippen molar-refractivity contribution in [3.63, 3.8) is 0 Å². The van der Waals surface area contributed by atoms with Gasteiger partial charge >= 0.3 is 0 Å². The van der Waals surface area contributed by atoms with Crippen LogP contribution in [0, 0.1) is 0 Å². The quantitative estimate of drug-likeness (QED) is 0.776. The molecule has 118 valence electrons. The molecule has 1 saturated heterocycles. The van der Waals surface area contributed by atoms with Crippen LogP contribution in [0.3, 0.4) is 0 Å². The largest absolute Gasteiger partial charge is 0.377 e. The van der Waals surface area contributed by atoms with Gasteiger partial charge in [-0.2, -0.15) is 0 Å². The molecule has 1 N–H and O–H groups in total. The Labute approximate surface area is 125 Å². The third-order valence-corrected chi connectivity index (χ3v) is 4.90. The van der Waals surface area contributed by atoms with Crippen molar-refractivity contribution in [3.8, 4) is 0 Å². The van der Waals surface area contributed by atoms with Crippen LogP contribution in [-0.2, 0) is 4.74 Å². The molecule has 3 nitrogen and oxygen atoms in total. The summed E-state index contributed by atoms with van der Waals surface area (Å²) in [5.41, 5.74) is 0. The molecule has 0 amide bonds. The van der Waals surface area contributed by atoms with Crippen LogP contribution in [0.2, 0.25) is 0 Å². The van der Waals surface area contributed by atoms with Gasteiger partial charge in [-0.3, -0.25) is 4.90 Å². The minimum absolute atomic E-state index is 0.473. The summed E-state index contributed by atoms with van der Waals surface area (Å²) in [5, 5.41) is 3.79. The second-order valence-corrected chi connectivity index (χ2v) is 6.72. The van der Waals surface area contributed by atoms with E-state index >= 15 is 0 Å². The predicted octanol–water partition coefficient (Wildman–Crippen LogP) is 3.19. The fourth-order valence-corrected chi connectivity index (χ4v) is 3.56. The summed E-state index contributed by atoms with van der Waals surface area (Å²) in [6, 6.07) is 1.42. The van der Waals surface area contributed by atoms with E-state index in [4.69, 9.17) is 4.74 Å². The second kappa shape index (κ2) is 9.01. The van der Waals surface area contributed by atoms with Gasteiger partial charge in [-0.15, -0.1) is 0 Å². The van der Waals surface area contributed by atoms with E-state index in [0.717, 1.165) is 32.2 Å². The van der Waals surface area contributed by atoms with E-state index in [1.165, 1.54) is 51.5 Å². The second-order valence-electron chi connectivity index (χ2n) is 6.72. The lowest BCUT2D eigenvalue weighted by atomic mass is 9.95. The Kier molecular flexibility index (Phi) is 7.32. The number of nitrogens with zero attached hydrogens (tertiary/aromatic N) is 1. The first kappa shape index (κ1) is 16.3. The van der Waals surface area contributed by atoms with Crippen molar-refractivity contribution in [1.82, 2.24) is 10.2 Å². The van der Waals surface area contributed by atoms with E-state index in [1.807, 2.05) is 0 Å². The van der Waals surface area contributed by atoms with E-state index in [9.17, 15) is 0 Å². The van der Waals surface area contributed by atoms with Crippen LogP contribution >= 0.6 is 0 Å². The number of rotatable bonds is 7. The van der Waals surface area contributed by atoms with Crippen LogP contribution < -0.4 is 5.32 Å². The van der Waals surface area contributed by atoms with Crippen molar-refractivity contribution < 1.29 is 4.74 Å². The number of likely N-dealkylation sites (tertiary alicyclic amines) is 1. The fraction of sp³-hybridized carbons (Fsp3) is 1.00. The Morgan fingerprint density at radius 3 is 2.70 bits per heavy atom. The van der Waals surface area contributed by atoms with Gasteiger partial charge in [0.1, 0.15) is 0 Å². The van der Waals surface area contributed by atoms with Crippen molar-refractivity contribution in [2.24, 2.45) is 0 Å². The summed E-state index contributed by atoms with van der Waals surface area (Å²) in [6.45, 7) is 9.01. The van der Waals surface area contributed by atoms with Crippen LogP contribution in [0.1, 0.15) is 65.2 Å². The lowest BCUT2D eigenvalue weighted by Gasteiger charge is -2.37. The maximum Gasteiger partial charge on any atom is 0.0702 e. The lowest BCUT2D eigenvalue weighted by molar-refractivity contribution is -0.0105. The Hall–Kier alpha value is -0.120. The molecule has 20 heavy (non-hydrogen) atoms. The third-order valence-electron chi connectivity index (χ3n) is 4.90. The minimum atomic E-state index is 0.473. The molecular formula is C17H34N2O. The van der Waals surface area contributed by atoms with E-state index in [1.54, 1.807) is 0 Å². The van der Waals surface area contributed by atoms with E-state index in [-0.39, 0.29) is 0 Å². The van der Waals surface area contributed by atoms with Crippen molar-refractivity contribution in [3.05, 3.63) is 0 Å². The zero-order valence-electron chi connectivity index (χ0n) is 13.6. The topological polar surface area (TPSA) is 24.5 Å². The Morgan fingerprint density at radius 2 is 1.95 bits per heavy atom. The van der Waals surface area contributed by atoms with Gasteiger partial charge in [0.25, 0.3) is 0 Å². The van der Waals surface area contributed by atoms with Crippen LogP contribution in [0.25, 0.3) is 0 Å². The van der Waals surface area contributed by atoms with E-state index < -0.39 is 0 Å². The standard InChI is InChI=1S/C17H34N2O/c1-3-12-20-17-10-7-11-19(14-17)15(2)13-18-16-8-5-4-6-9-16/h15-18H,3-14H2,1-2H3. The van der Waals surface area contributed by atoms with Gasteiger partial charge in [0.2, 0.25) is 0 Å². The van der Waals surface area contributed by atoms with E-state index in [2.05, 4.69) is 24.1 Å². The maximum absolute atomic E-state index is 5.94. The predicted molar refractivity (Wildman–Crippen MR) is 85.2 cm³/mol. The van der Waals surface area contributed by atoms with Gasteiger partial charge in [0.05, 0.1) is 6.10 Å². The summed E-state index contributed by atoms with van der Waals surface area (Å²) >= 11 is 0. The van der Waals surface area contributed by atoms with Gasteiger partial charge in [0, 0.05) is 31.8 Å². The highest BCUT2D eigenvalue weighted by atomic mass is 16.5. The summed E-state index contributed by atoms with van der Waals surface area (Å²) in [7, 11) is 0. The van der Waals surface area contributed by atoms with Crippen molar-refractivity contribution in [2.75, 3.05) is 26.2 Å². The summed E-state index contributed by atoms with van der Waals surface area (Å²) < 4.78 is 5.94. The molecule has 0 radical (unpaired) electrons. The molecule has 2 fully saturated rings. The minimum Gasteiger partial charge on any atom is -0.377 e. The van der Waals surface area contributed by atoms with Crippen LogP contribution in [-0.4, -0.2) is 49.3 Å². The number of hydrogen-bond donors (Lipinski definition) is 1. The molecule has 1 aliphatic heterocycles. The molecule has 0 spiro atoms. The molecule has 2 unspecified atom stereocenters. The average molecular weight is 282 g/mol. The average Bonchev–Trinajstić information content (AvgIpc) is 2.52. The van der Waals surface area contributed by atoms with Gasteiger partial charge in [0.15, 0.2) is 0 Å². The lowest BCUT2D eigenvalue weighted by Crippen LogP contribution is -2.49. The highest BCUT2D eigenvalue weighted by Gasteiger charge is 2.24. The van der Waals surface area contributed by atoms with Crippen LogP contribution in [0.15, 0.2) is 0 Å². The highest BCUT2D eigenvalue weighted by Crippen LogP contribution is 2.19. The number of piperidine rings is 1. The SMILES string of the molecule is CCCOC1CCCN(C(C)CNC2CCCCC2)C1. The van der Waals surface area contributed by atoms with Gasteiger partial charge in [-0.05, 0) is 45.6 Å². The molecule has 1 saturated carbocycles. The van der Waals surface area contributed by atoms with Crippen molar-refractivity contribution >= 4 is 0 Å². The summed E-state index contributed by atoms with van der Waals surface area (Å²) in [6.07, 6.45) is 11.2. The van der Waals surface area contributed by atoms with Crippen LogP contribution in [0.5, 0.6) is 0 Å². The third kappa shape index (κ3) is 5.34. The molecule has 2 aliphatic rings. The van der Waals surface area contributed by atoms with Gasteiger partial charge in [-0.1, -0.05) is 26.2 Å². The zero-order valence-corrected chi connectivity index (χ0v) is 13.6. The summed E-state index contributed by atoms with van der Waals surface area (Å²) in [4.78, 5) is 2.62. The first-order chi connectivity index (χ1) is 9.79. The van der Waals surface area contributed by atoms with Crippen molar-refractivity contribution in [2.45, 2.75) is 83.4 Å². The first-order valence-corrected chi connectivity index (χ1v) is 8.88. The monoisotopic (exact) mass is 282 g/mol. The van der Waals surface area contributed by atoms with Crippen molar-refractivity contribution in [1.29, 1.82) is 0 Å². The molecule has 1 heterocycles. The fourth-order valence-electron chi connectivity index (χ4n) is 3.56. The zero-order chi connectivity index (χ0) is 14.2. The molecular weight excluding hydrogens is 248 g/mol. The Balaban J connectivity index is 1.66. The normalized spacial score (nSPS) is 27.6. The number of hydrogen-bond acceptors (Lipinski definition) is 3. The van der Waals surface area contributed by atoms with Gasteiger partial charge < -0.3 is 10.1 Å². The number of ether oxygens (including phenoxy) is 1. The van der Waals surface area contributed by atoms with Gasteiger partial charge in [-0.25, -0.2) is 0 Å². The molecule has 0 aromatic rings. The smallest absolute Gasteiger partial charge is 0.0702 e. The molecule has 0 bridgehead atoms. The Bertz CT molecular complexity index is 253. The summed E-state index contributed by atoms with van der Waals surface area (Å²) in [5.74, 6) is 0. The molecule has 0 aromatic carbocycles. The molecule has 3 heteroatoms. The molecule has 2 rings (SSSR count). The molecule has 0 aromatic heterocycles. The Morgan fingerprint density at radius 1 is 1.15 bits per heavy atom. The molecule has 1 aliphatic carbocycles. The molecule has 2 atom stereocenters. The number of nitrogens with one attached hydrogen (secondary N) is 1. The first-order valence-electron chi connectivity index (χ1n) is 8.88. The maximum atomic E-state index is 5.94.